The molecule has 2 amide bonds. The van der Waals surface area contributed by atoms with E-state index in [0.717, 1.165) is 16.7 Å². The van der Waals surface area contributed by atoms with Gasteiger partial charge in [0.15, 0.2) is 5.75 Å². The third-order valence-corrected chi connectivity index (χ3v) is 5.87. The van der Waals surface area contributed by atoms with Gasteiger partial charge in [0.05, 0.1) is 26.5 Å². The van der Waals surface area contributed by atoms with Crippen LogP contribution in [0.15, 0.2) is 35.2 Å². The first kappa shape index (κ1) is 21.1. The summed E-state index contributed by atoms with van der Waals surface area (Å²) < 4.78 is 5.52. The van der Waals surface area contributed by atoms with Gasteiger partial charge in [0.25, 0.3) is 11.1 Å². The van der Waals surface area contributed by atoms with Gasteiger partial charge in [0.2, 0.25) is 0 Å². The van der Waals surface area contributed by atoms with Crippen LogP contribution in [0.2, 0.25) is 20.1 Å². The summed E-state index contributed by atoms with van der Waals surface area (Å²) in [5.74, 6) is -0.284. The predicted octanol–water partition coefficient (Wildman–Crippen LogP) is 6.12. The Morgan fingerprint density at radius 1 is 1.07 bits per heavy atom. The van der Waals surface area contributed by atoms with Crippen LogP contribution < -0.4 is 4.74 Å². The molecule has 1 saturated heterocycles. The highest BCUT2D eigenvalue weighted by Crippen LogP contribution is 2.42. The van der Waals surface area contributed by atoms with Crippen molar-refractivity contribution in [1.29, 1.82) is 0 Å². The molecule has 3 rings (SSSR count). The van der Waals surface area contributed by atoms with Crippen LogP contribution in [0.1, 0.15) is 5.56 Å². The Bertz CT molecular complexity index is 979. The Morgan fingerprint density at radius 3 is 2.43 bits per heavy atom. The van der Waals surface area contributed by atoms with Gasteiger partial charge in [0, 0.05) is 10.6 Å². The monoisotopic (exact) mass is 477 g/mol. The van der Waals surface area contributed by atoms with E-state index in [1.165, 1.54) is 12.1 Å². The van der Waals surface area contributed by atoms with E-state index in [4.69, 9.17) is 51.1 Å². The van der Waals surface area contributed by atoms with Gasteiger partial charge in [-0.05, 0) is 48.2 Å². The van der Waals surface area contributed by atoms with Crippen molar-refractivity contribution < 1.29 is 19.4 Å². The van der Waals surface area contributed by atoms with E-state index in [0.29, 0.717) is 10.8 Å². The van der Waals surface area contributed by atoms with Gasteiger partial charge in [-0.3, -0.25) is 14.5 Å². The van der Waals surface area contributed by atoms with E-state index < -0.39 is 11.1 Å². The highest BCUT2D eigenvalue weighted by molar-refractivity contribution is 8.18. The van der Waals surface area contributed by atoms with Crippen LogP contribution in [-0.4, -0.2) is 34.3 Å². The Labute approximate surface area is 184 Å². The van der Waals surface area contributed by atoms with E-state index >= 15 is 0 Å². The number of hydrogen-bond acceptors (Lipinski definition) is 5. The highest BCUT2D eigenvalue weighted by atomic mass is 35.5. The number of halogens is 4. The normalized spacial score (nSPS) is 15.6. The van der Waals surface area contributed by atoms with Crippen LogP contribution in [0, 0.1) is 0 Å². The molecule has 0 spiro atoms. The molecule has 0 aromatic heterocycles. The Hall–Kier alpha value is -1.57. The number of aromatic hydroxyl groups is 1. The van der Waals surface area contributed by atoms with Gasteiger partial charge in [-0.25, -0.2) is 0 Å². The van der Waals surface area contributed by atoms with E-state index in [9.17, 15) is 14.7 Å². The molecule has 0 bridgehead atoms. The van der Waals surface area contributed by atoms with Crippen LogP contribution in [0.5, 0.6) is 11.5 Å². The molecule has 2 aromatic carbocycles. The summed E-state index contributed by atoms with van der Waals surface area (Å²) in [6.07, 6.45) is 1.35. The van der Waals surface area contributed by atoms with Crippen molar-refractivity contribution in [3.63, 3.8) is 0 Å². The standard InChI is InChI=1S/C18H11Cl4NO4S/c19-9-1-3-10(4-2-9)27-6-5-23-17(25)14(28-18(23)26)7-11-12(20)8-13(21)16(24)15(11)22/h1-4,7-8,24H,5-6H2/b14-7-. The van der Waals surface area contributed by atoms with Crippen LogP contribution in [0.4, 0.5) is 4.79 Å². The number of phenolic OH excluding ortho intramolecular Hbond substituents is 1. The van der Waals surface area contributed by atoms with E-state index in [2.05, 4.69) is 0 Å². The number of carbonyl (C=O) groups is 2. The second-order valence-corrected chi connectivity index (χ2v) is 8.17. The Morgan fingerprint density at radius 2 is 1.75 bits per heavy atom. The van der Waals surface area contributed by atoms with Crippen molar-refractivity contribution in [3.05, 3.63) is 60.9 Å². The molecule has 0 atom stereocenters. The van der Waals surface area contributed by atoms with E-state index in [-0.39, 0.29) is 44.4 Å². The number of hydrogen-bond donors (Lipinski definition) is 1. The van der Waals surface area contributed by atoms with Crippen molar-refractivity contribution >= 4 is 75.4 Å². The summed E-state index contributed by atoms with van der Waals surface area (Å²) in [4.78, 5) is 25.9. The van der Waals surface area contributed by atoms with E-state index in [1.54, 1.807) is 24.3 Å². The molecule has 1 aliphatic heterocycles. The summed E-state index contributed by atoms with van der Waals surface area (Å²) >= 11 is 24.5. The number of thioether (sulfide) groups is 1. The summed E-state index contributed by atoms with van der Waals surface area (Å²) in [6.45, 7) is 0.189. The molecule has 1 heterocycles. The minimum atomic E-state index is -0.503. The Kier molecular flexibility index (Phi) is 6.68. The lowest BCUT2D eigenvalue weighted by atomic mass is 10.2. The molecule has 0 saturated carbocycles. The molecule has 5 nitrogen and oxygen atoms in total. The Balaban J connectivity index is 1.72. The van der Waals surface area contributed by atoms with Crippen molar-refractivity contribution in [2.75, 3.05) is 13.2 Å². The van der Waals surface area contributed by atoms with Gasteiger partial charge in [-0.1, -0.05) is 46.4 Å². The zero-order valence-electron chi connectivity index (χ0n) is 13.9. The lowest BCUT2D eigenvalue weighted by Crippen LogP contribution is -2.32. The topological polar surface area (TPSA) is 66.8 Å². The number of benzene rings is 2. The number of rotatable bonds is 5. The molecule has 1 fully saturated rings. The molecule has 1 N–H and O–H groups in total. The molecule has 146 valence electrons. The first-order valence-electron chi connectivity index (χ1n) is 7.78. The maximum absolute atomic E-state index is 12.6. The molecular formula is C18H11Cl4NO4S. The highest BCUT2D eigenvalue weighted by Gasteiger charge is 2.35. The van der Waals surface area contributed by atoms with Crippen LogP contribution in [0.3, 0.4) is 0 Å². The maximum atomic E-state index is 12.6. The zero-order chi connectivity index (χ0) is 20.4. The van der Waals surface area contributed by atoms with Crippen molar-refractivity contribution in [2.24, 2.45) is 0 Å². The first-order chi connectivity index (χ1) is 13.3. The van der Waals surface area contributed by atoms with Gasteiger partial charge < -0.3 is 9.84 Å². The molecule has 28 heavy (non-hydrogen) atoms. The number of imide groups is 1. The fourth-order valence-electron chi connectivity index (χ4n) is 2.34. The quantitative estimate of drug-likeness (QED) is 0.524. The zero-order valence-corrected chi connectivity index (χ0v) is 17.8. The smallest absolute Gasteiger partial charge is 0.293 e. The molecule has 0 radical (unpaired) electrons. The fraction of sp³-hybridized carbons (Fsp3) is 0.111. The van der Waals surface area contributed by atoms with Crippen molar-refractivity contribution in [1.82, 2.24) is 4.90 Å². The number of phenols is 1. The summed E-state index contributed by atoms with van der Waals surface area (Å²) in [5, 5.41) is 10.0. The SMILES string of the molecule is O=C1S/C(=C\c2c(Cl)cc(Cl)c(O)c2Cl)C(=O)N1CCOc1ccc(Cl)cc1. The van der Waals surface area contributed by atoms with E-state index in [1.807, 2.05) is 0 Å². The minimum Gasteiger partial charge on any atom is -0.505 e. The summed E-state index contributed by atoms with van der Waals surface area (Å²) in [6, 6.07) is 8.03. The van der Waals surface area contributed by atoms with Gasteiger partial charge >= 0.3 is 0 Å². The molecule has 0 aliphatic carbocycles. The maximum Gasteiger partial charge on any atom is 0.293 e. The number of carbonyl (C=O) groups excluding carboxylic acids is 2. The third kappa shape index (κ3) is 4.53. The third-order valence-electron chi connectivity index (χ3n) is 3.73. The minimum absolute atomic E-state index is 0.0143. The summed E-state index contributed by atoms with van der Waals surface area (Å²) in [7, 11) is 0. The van der Waals surface area contributed by atoms with Crippen LogP contribution >= 0.6 is 58.2 Å². The van der Waals surface area contributed by atoms with Crippen molar-refractivity contribution in [2.45, 2.75) is 0 Å². The molecule has 2 aromatic rings. The second kappa shape index (κ2) is 8.84. The first-order valence-corrected chi connectivity index (χ1v) is 10.1. The molecule has 0 unspecified atom stereocenters. The van der Waals surface area contributed by atoms with Crippen LogP contribution in [-0.2, 0) is 4.79 Å². The number of nitrogens with zero attached hydrogens (tertiary/aromatic N) is 1. The molecule has 1 aliphatic rings. The number of ether oxygens (including phenoxy) is 1. The lowest BCUT2D eigenvalue weighted by molar-refractivity contribution is -0.123. The van der Waals surface area contributed by atoms with Crippen molar-refractivity contribution in [3.8, 4) is 11.5 Å². The average molecular weight is 479 g/mol. The lowest BCUT2D eigenvalue weighted by Gasteiger charge is -2.13. The summed E-state index contributed by atoms with van der Waals surface area (Å²) in [5.41, 5.74) is 0.202. The molecular weight excluding hydrogens is 468 g/mol. The average Bonchev–Trinajstić information content (AvgIpc) is 2.92. The second-order valence-electron chi connectivity index (χ2n) is 5.55. The van der Waals surface area contributed by atoms with Crippen LogP contribution in [0.25, 0.3) is 6.08 Å². The number of amides is 2. The predicted molar refractivity (Wildman–Crippen MR) is 113 cm³/mol. The molecule has 10 heteroatoms. The van der Waals surface area contributed by atoms with Gasteiger partial charge in [-0.15, -0.1) is 0 Å². The largest absolute Gasteiger partial charge is 0.505 e. The van der Waals surface area contributed by atoms with Gasteiger partial charge in [0.1, 0.15) is 12.4 Å². The fourth-order valence-corrected chi connectivity index (χ4v) is 4.18. The van der Waals surface area contributed by atoms with Gasteiger partial charge in [-0.2, -0.15) is 0 Å².